The molecular weight excluding hydrogens is 321 g/mol. The van der Waals surface area contributed by atoms with Gasteiger partial charge in [-0.2, -0.15) is 0 Å². The summed E-state index contributed by atoms with van der Waals surface area (Å²) in [7, 11) is 1.50. The van der Waals surface area contributed by atoms with Gasteiger partial charge in [-0.05, 0) is 42.7 Å². The molecule has 0 heterocycles. The number of halogens is 1. The van der Waals surface area contributed by atoms with Crippen LogP contribution in [0.2, 0.25) is 0 Å². The van der Waals surface area contributed by atoms with Crippen molar-refractivity contribution in [1.82, 2.24) is 5.32 Å². The summed E-state index contributed by atoms with van der Waals surface area (Å²) in [5.74, 6) is 0.185. The number of phenolic OH excluding ortho intramolecular Hbond substituents is 1. The molecule has 3 N–H and O–H groups in total. The maximum Gasteiger partial charge on any atom is 0.161 e. The summed E-state index contributed by atoms with van der Waals surface area (Å²) >= 11 is 0. The maximum absolute atomic E-state index is 13.0. The third-order valence-corrected chi connectivity index (χ3v) is 4.06. The maximum atomic E-state index is 13.0. The molecule has 0 aliphatic heterocycles. The summed E-state index contributed by atoms with van der Waals surface area (Å²) in [6.07, 6.45) is 2.24. The highest BCUT2D eigenvalue weighted by Crippen LogP contribution is 2.32. The lowest BCUT2D eigenvalue weighted by Crippen LogP contribution is -2.35. The van der Waals surface area contributed by atoms with Crippen LogP contribution in [0.4, 0.5) is 4.39 Å². The monoisotopic (exact) mass is 345 g/mol. The molecule has 0 fully saturated rings. The second-order valence-corrected chi connectivity index (χ2v) is 6.18. The van der Waals surface area contributed by atoms with E-state index in [0.29, 0.717) is 30.8 Å². The van der Waals surface area contributed by atoms with Gasteiger partial charge in [-0.3, -0.25) is 0 Å². The zero-order chi connectivity index (χ0) is 18.4. The molecule has 25 heavy (non-hydrogen) atoms. The van der Waals surface area contributed by atoms with E-state index >= 15 is 0 Å². The molecule has 0 saturated carbocycles. The first-order valence-electron chi connectivity index (χ1n) is 8.06. The van der Waals surface area contributed by atoms with Gasteiger partial charge in [0.05, 0.1) is 12.7 Å². The largest absolute Gasteiger partial charge is 0.504 e. The molecule has 0 aliphatic rings. The zero-order valence-electron chi connectivity index (χ0n) is 14.6. The van der Waals surface area contributed by atoms with E-state index in [4.69, 9.17) is 4.74 Å². The van der Waals surface area contributed by atoms with Gasteiger partial charge in [0.1, 0.15) is 5.82 Å². The highest BCUT2D eigenvalue weighted by molar-refractivity contribution is 5.49. The lowest BCUT2D eigenvalue weighted by molar-refractivity contribution is 0.0566. The lowest BCUT2D eigenvalue weighted by atomic mass is 9.96. The minimum absolute atomic E-state index is 0.115. The summed E-state index contributed by atoms with van der Waals surface area (Å²) < 4.78 is 18.2. The molecule has 0 amide bonds. The minimum atomic E-state index is -1.13. The van der Waals surface area contributed by atoms with Crippen LogP contribution >= 0.6 is 0 Å². The number of aliphatic hydroxyl groups is 1. The number of hydrogen-bond acceptors (Lipinski definition) is 4. The van der Waals surface area contributed by atoms with Crippen molar-refractivity contribution in [1.29, 1.82) is 0 Å². The Morgan fingerprint density at radius 1 is 1.28 bits per heavy atom. The van der Waals surface area contributed by atoms with Crippen LogP contribution in [0.3, 0.4) is 0 Å². The van der Waals surface area contributed by atoms with E-state index in [1.54, 1.807) is 31.2 Å². The number of nitrogens with one attached hydrogen (secondary N) is 1. The van der Waals surface area contributed by atoms with Gasteiger partial charge in [-0.15, -0.1) is 6.58 Å². The normalized spacial score (nSPS) is 13.3. The molecule has 0 saturated heterocycles. The Morgan fingerprint density at radius 3 is 2.56 bits per heavy atom. The van der Waals surface area contributed by atoms with Crippen molar-refractivity contribution in [3.8, 4) is 11.5 Å². The van der Waals surface area contributed by atoms with E-state index in [-0.39, 0.29) is 11.6 Å². The van der Waals surface area contributed by atoms with Crippen molar-refractivity contribution in [3.63, 3.8) is 0 Å². The number of hydrogen-bond donors (Lipinski definition) is 3. The van der Waals surface area contributed by atoms with Crippen LogP contribution in [0.15, 0.2) is 49.1 Å². The molecule has 0 spiro atoms. The Hall–Kier alpha value is -2.37. The van der Waals surface area contributed by atoms with Crippen molar-refractivity contribution in [2.45, 2.75) is 25.5 Å². The molecule has 2 rings (SSSR count). The van der Waals surface area contributed by atoms with Gasteiger partial charge in [0.25, 0.3) is 0 Å². The summed E-state index contributed by atoms with van der Waals surface area (Å²) in [6, 6.07) is 9.43. The van der Waals surface area contributed by atoms with Crippen LogP contribution in [-0.4, -0.2) is 23.9 Å². The molecule has 0 radical (unpaired) electrons. The third-order valence-electron chi connectivity index (χ3n) is 4.06. The molecule has 5 heteroatoms. The van der Waals surface area contributed by atoms with E-state index in [9.17, 15) is 14.6 Å². The van der Waals surface area contributed by atoms with Crippen LogP contribution in [0.25, 0.3) is 0 Å². The number of allylic oxidation sites excluding steroid dienone is 1. The number of aromatic hydroxyl groups is 1. The van der Waals surface area contributed by atoms with Gasteiger partial charge in [0.15, 0.2) is 11.5 Å². The Morgan fingerprint density at radius 2 is 1.96 bits per heavy atom. The van der Waals surface area contributed by atoms with Crippen LogP contribution in [-0.2, 0) is 18.6 Å². The molecule has 134 valence electrons. The average Bonchev–Trinajstić information content (AvgIpc) is 2.58. The predicted octanol–water partition coefficient (Wildman–Crippen LogP) is 3.27. The van der Waals surface area contributed by atoms with Crippen molar-refractivity contribution < 1.29 is 19.3 Å². The Labute approximate surface area is 147 Å². The molecule has 0 aromatic heterocycles. The summed E-state index contributed by atoms with van der Waals surface area (Å²) in [4.78, 5) is 0. The molecule has 2 aromatic rings. The Bertz CT molecular complexity index is 726. The summed E-state index contributed by atoms with van der Waals surface area (Å²) in [6.45, 7) is 6.14. The highest BCUT2D eigenvalue weighted by Gasteiger charge is 2.22. The quantitative estimate of drug-likeness (QED) is 0.643. The van der Waals surface area contributed by atoms with E-state index in [1.165, 1.54) is 19.2 Å². The van der Waals surface area contributed by atoms with Gasteiger partial charge in [0.2, 0.25) is 0 Å². The van der Waals surface area contributed by atoms with Crippen molar-refractivity contribution in [3.05, 3.63) is 71.6 Å². The predicted molar refractivity (Wildman–Crippen MR) is 96.2 cm³/mol. The number of benzene rings is 2. The van der Waals surface area contributed by atoms with Crippen LogP contribution in [0, 0.1) is 5.82 Å². The highest BCUT2D eigenvalue weighted by atomic mass is 19.1. The second kappa shape index (κ2) is 8.14. The van der Waals surface area contributed by atoms with Gasteiger partial charge in [-0.25, -0.2) is 4.39 Å². The molecular formula is C20H24FNO3. The fraction of sp³-hybridized carbons (Fsp3) is 0.300. The molecule has 0 aliphatic carbocycles. The fourth-order valence-electron chi connectivity index (χ4n) is 2.66. The van der Waals surface area contributed by atoms with Crippen molar-refractivity contribution in [2.24, 2.45) is 0 Å². The summed E-state index contributed by atoms with van der Waals surface area (Å²) in [5.41, 5.74) is 1.16. The number of ether oxygens (including phenoxy) is 1. The van der Waals surface area contributed by atoms with Gasteiger partial charge in [-0.1, -0.05) is 24.3 Å². The van der Waals surface area contributed by atoms with E-state index < -0.39 is 5.60 Å². The van der Waals surface area contributed by atoms with E-state index in [2.05, 4.69) is 11.9 Å². The number of methoxy groups -OCH3 is 1. The first kappa shape index (κ1) is 19.0. The number of phenols is 1. The zero-order valence-corrected chi connectivity index (χ0v) is 14.6. The molecule has 4 nitrogen and oxygen atoms in total. The topological polar surface area (TPSA) is 61.7 Å². The SMILES string of the molecule is C=CCc1cc(CNCC(C)(O)c2ccc(F)cc2)cc(OC)c1O. The molecule has 1 atom stereocenters. The van der Waals surface area contributed by atoms with E-state index in [1.807, 2.05) is 6.07 Å². The number of rotatable bonds is 8. The molecule has 0 bridgehead atoms. The molecule has 2 aromatic carbocycles. The van der Waals surface area contributed by atoms with Gasteiger partial charge < -0.3 is 20.3 Å². The van der Waals surface area contributed by atoms with Crippen LogP contribution in [0.1, 0.15) is 23.6 Å². The van der Waals surface area contributed by atoms with Crippen LogP contribution in [0.5, 0.6) is 11.5 Å². The van der Waals surface area contributed by atoms with Crippen molar-refractivity contribution >= 4 is 0 Å². The van der Waals surface area contributed by atoms with E-state index in [0.717, 1.165) is 11.1 Å². The summed E-state index contributed by atoms with van der Waals surface area (Å²) in [5, 5.41) is 23.9. The average molecular weight is 345 g/mol. The standard InChI is InChI=1S/C20H24FNO3/c1-4-5-15-10-14(11-18(25-3)19(15)23)12-22-13-20(2,24)16-6-8-17(21)9-7-16/h4,6-11,22-24H,1,5,12-13H2,2-3H3. The Kier molecular flexibility index (Phi) is 6.17. The fourth-order valence-corrected chi connectivity index (χ4v) is 2.66. The van der Waals surface area contributed by atoms with Crippen molar-refractivity contribution in [2.75, 3.05) is 13.7 Å². The second-order valence-electron chi connectivity index (χ2n) is 6.18. The molecule has 1 unspecified atom stereocenters. The lowest BCUT2D eigenvalue weighted by Gasteiger charge is -2.24. The van der Waals surface area contributed by atoms with Gasteiger partial charge in [0, 0.05) is 18.7 Å². The van der Waals surface area contributed by atoms with Crippen LogP contribution < -0.4 is 10.1 Å². The first-order valence-corrected chi connectivity index (χ1v) is 8.06. The Balaban J connectivity index is 2.06. The minimum Gasteiger partial charge on any atom is -0.504 e. The third kappa shape index (κ3) is 4.81. The smallest absolute Gasteiger partial charge is 0.161 e. The van der Waals surface area contributed by atoms with Gasteiger partial charge >= 0.3 is 0 Å². The first-order chi connectivity index (χ1) is 11.9.